The molecule has 116 valence electrons. The molecule has 6 nitrogen and oxygen atoms in total. The Morgan fingerprint density at radius 2 is 2.32 bits per heavy atom. The molecular weight excluding hydrogens is 302 g/mol. The van der Waals surface area contributed by atoms with Crippen LogP contribution in [0, 0.1) is 17.0 Å². The van der Waals surface area contributed by atoms with Crippen molar-refractivity contribution in [3.63, 3.8) is 0 Å². The van der Waals surface area contributed by atoms with Crippen molar-refractivity contribution in [2.75, 3.05) is 6.61 Å². The number of nitro benzene ring substituents is 1. The largest absolute Gasteiger partial charge is 0.376 e. The van der Waals surface area contributed by atoms with Crippen LogP contribution in [0.4, 0.5) is 11.4 Å². The fourth-order valence-electron chi connectivity index (χ4n) is 2.53. The van der Waals surface area contributed by atoms with Crippen LogP contribution >= 0.6 is 11.3 Å². The van der Waals surface area contributed by atoms with E-state index in [9.17, 15) is 10.1 Å². The molecule has 1 unspecified atom stereocenters. The van der Waals surface area contributed by atoms with Crippen LogP contribution in [0.25, 0.3) is 0 Å². The Morgan fingerprint density at radius 3 is 3.05 bits per heavy atom. The molecule has 1 saturated heterocycles. The molecule has 2 aromatic rings. The van der Waals surface area contributed by atoms with E-state index in [1.807, 2.05) is 12.3 Å². The van der Waals surface area contributed by atoms with Crippen molar-refractivity contribution >= 4 is 22.7 Å². The first-order valence-corrected chi connectivity index (χ1v) is 8.08. The number of nitrogens with zero attached hydrogens (tertiary/aromatic N) is 3. The van der Waals surface area contributed by atoms with E-state index < -0.39 is 4.92 Å². The number of benzene rings is 1. The van der Waals surface area contributed by atoms with Crippen molar-refractivity contribution in [2.24, 2.45) is 4.99 Å². The summed E-state index contributed by atoms with van der Waals surface area (Å²) in [7, 11) is 0. The number of ether oxygens (including phenoxy) is 1. The van der Waals surface area contributed by atoms with Gasteiger partial charge in [0.1, 0.15) is 5.69 Å². The second-order valence-corrected chi connectivity index (χ2v) is 6.10. The summed E-state index contributed by atoms with van der Waals surface area (Å²) in [6.07, 6.45) is 2.34. The first-order chi connectivity index (χ1) is 10.6. The molecule has 1 aromatic carbocycles. The summed E-state index contributed by atoms with van der Waals surface area (Å²) < 4.78 is 7.76. The monoisotopic (exact) mass is 319 g/mol. The van der Waals surface area contributed by atoms with Gasteiger partial charge in [-0.05, 0) is 25.8 Å². The van der Waals surface area contributed by atoms with Gasteiger partial charge in [0.15, 0.2) is 4.80 Å². The first-order valence-electron chi connectivity index (χ1n) is 7.20. The summed E-state index contributed by atoms with van der Waals surface area (Å²) in [5, 5.41) is 13.1. The van der Waals surface area contributed by atoms with Crippen molar-refractivity contribution in [2.45, 2.75) is 32.4 Å². The molecule has 7 heteroatoms. The van der Waals surface area contributed by atoms with E-state index in [-0.39, 0.29) is 11.8 Å². The van der Waals surface area contributed by atoms with Gasteiger partial charge in [-0.25, -0.2) is 4.99 Å². The number of para-hydroxylation sites is 2. The molecule has 0 bridgehead atoms. The smallest absolute Gasteiger partial charge is 0.294 e. The van der Waals surface area contributed by atoms with Gasteiger partial charge in [0, 0.05) is 23.7 Å². The predicted molar refractivity (Wildman–Crippen MR) is 84.3 cm³/mol. The lowest BCUT2D eigenvalue weighted by atomic mass is 10.2. The maximum Gasteiger partial charge on any atom is 0.294 e. The quantitative estimate of drug-likeness (QED) is 0.642. The standard InChI is InChI=1S/C15H17N3O3S/c1-11-10-22-15(17(11)9-12-5-4-8-21-12)16-13-6-2-3-7-14(13)18(19)20/h2-3,6-7,10,12H,4-5,8-9H2,1H3. The lowest BCUT2D eigenvalue weighted by Crippen LogP contribution is -2.24. The average molecular weight is 319 g/mol. The summed E-state index contributed by atoms with van der Waals surface area (Å²) in [5.41, 5.74) is 1.51. The van der Waals surface area contributed by atoms with Crippen LogP contribution in [0.3, 0.4) is 0 Å². The molecule has 1 fully saturated rings. The second kappa shape index (κ2) is 6.41. The van der Waals surface area contributed by atoms with Gasteiger partial charge in [0.2, 0.25) is 0 Å². The average Bonchev–Trinajstić information content (AvgIpc) is 3.13. The summed E-state index contributed by atoms with van der Waals surface area (Å²) >= 11 is 1.49. The first kappa shape index (κ1) is 14.9. The number of aryl methyl sites for hydroxylation is 1. The van der Waals surface area contributed by atoms with E-state index in [1.54, 1.807) is 18.2 Å². The second-order valence-electron chi connectivity index (χ2n) is 5.26. The van der Waals surface area contributed by atoms with Gasteiger partial charge in [0.25, 0.3) is 5.69 Å². The summed E-state index contributed by atoms with van der Waals surface area (Å²) in [5.74, 6) is 0. The number of hydrogen-bond donors (Lipinski definition) is 0. The van der Waals surface area contributed by atoms with Gasteiger partial charge in [-0.15, -0.1) is 11.3 Å². The third kappa shape index (κ3) is 3.10. The molecule has 22 heavy (non-hydrogen) atoms. The summed E-state index contributed by atoms with van der Waals surface area (Å²) in [4.78, 5) is 16.0. The van der Waals surface area contributed by atoms with Gasteiger partial charge < -0.3 is 9.30 Å². The van der Waals surface area contributed by atoms with Crippen LogP contribution in [0.5, 0.6) is 0 Å². The highest BCUT2D eigenvalue weighted by molar-refractivity contribution is 7.07. The molecule has 1 aliphatic rings. The number of nitro groups is 1. The van der Waals surface area contributed by atoms with Crippen molar-refractivity contribution in [3.05, 3.63) is 50.3 Å². The van der Waals surface area contributed by atoms with E-state index in [0.717, 1.165) is 36.5 Å². The van der Waals surface area contributed by atoms with E-state index >= 15 is 0 Å². The molecule has 1 aliphatic heterocycles. The van der Waals surface area contributed by atoms with Crippen molar-refractivity contribution < 1.29 is 9.66 Å². The van der Waals surface area contributed by atoms with Crippen molar-refractivity contribution in [1.82, 2.24) is 4.57 Å². The SMILES string of the molecule is Cc1csc(=Nc2ccccc2[N+](=O)[O-])n1CC1CCCO1. The molecule has 0 spiro atoms. The van der Waals surface area contributed by atoms with E-state index in [2.05, 4.69) is 9.56 Å². The summed E-state index contributed by atoms with van der Waals surface area (Å²) in [6.45, 7) is 3.57. The number of aromatic nitrogens is 1. The Morgan fingerprint density at radius 1 is 1.50 bits per heavy atom. The molecule has 0 saturated carbocycles. The highest BCUT2D eigenvalue weighted by Gasteiger charge is 2.18. The fraction of sp³-hybridized carbons (Fsp3) is 0.400. The zero-order chi connectivity index (χ0) is 15.5. The van der Waals surface area contributed by atoms with Crippen LogP contribution < -0.4 is 4.80 Å². The lowest BCUT2D eigenvalue weighted by molar-refractivity contribution is -0.384. The normalized spacial score (nSPS) is 18.8. The maximum atomic E-state index is 11.1. The lowest BCUT2D eigenvalue weighted by Gasteiger charge is -2.12. The Kier molecular flexibility index (Phi) is 4.35. The minimum Gasteiger partial charge on any atom is -0.376 e. The Labute approximate surface area is 131 Å². The third-order valence-electron chi connectivity index (χ3n) is 3.70. The molecule has 0 aliphatic carbocycles. The molecule has 0 N–H and O–H groups in total. The minimum absolute atomic E-state index is 0.0252. The van der Waals surface area contributed by atoms with E-state index in [4.69, 9.17) is 4.74 Å². The fourth-order valence-corrected chi connectivity index (χ4v) is 3.43. The van der Waals surface area contributed by atoms with Crippen LogP contribution in [0.2, 0.25) is 0 Å². The topological polar surface area (TPSA) is 69.7 Å². The predicted octanol–water partition coefficient (Wildman–Crippen LogP) is 3.18. The molecule has 0 amide bonds. The molecular formula is C15H17N3O3S. The maximum absolute atomic E-state index is 11.1. The number of rotatable bonds is 4. The van der Waals surface area contributed by atoms with Crippen molar-refractivity contribution in [1.29, 1.82) is 0 Å². The molecule has 0 radical (unpaired) electrons. The van der Waals surface area contributed by atoms with E-state index in [1.165, 1.54) is 17.4 Å². The van der Waals surface area contributed by atoms with Crippen LogP contribution in [0.15, 0.2) is 34.6 Å². The van der Waals surface area contributed by atoms with Crippen molar-refractivity contribution in [3.8, 4) is 0 Å². The Bertz CT molecular complexity index is 744. The van der Waals surface area contributed by atoms with Gasteiger partial charge in [0.05, 0.1) is 17.6 Å². The Hall–Kier alpha value is -1.99. The number of hydrogen-bond acceptors (Lipinski definition) is 5. The Balaban J connectivity index is 1.99. The van der Waals surface area contributed by atoms with Crippen LogP contribution in [-0.2, 0) is 11.3 Å². The minimum atomic E-state index is -0.399. The van der Waals surface area contributed by atoms with Gasteiger partial charge in [-0.3, -0.25) is 10.1 Å². The zero-order valence-corrected chi connectivity index (χ0v) is 13.1. The molecule has 1 aromatic heterocycles. The molecule has 1 atom stereocenters. The highest BCUT2D eigenvalue weighted by atomic mass is 32.1. The van der Waals surface area contributed by atoms with Crippen LogP contribution in [0.1, 0.15) is 18.5 Å². The molecule has 2 heterocycles. The molecule has 3 rings (SSSR count). The third-order valence-corrected chi connectivity index (χ3v) is 4.68. The van der Waals surface area contributed by atoms with Gasteiger partial charge in [-0.2, -0.15) is 0 Å². The van der Waals surface area contributed by atoms with Crippen LogP contribution in [-0.4, -0.2) is 22.2 Å². The zero-order valence-electron chi connectivity index (χ0n) is 12.3. The summed E-state index contributed by atoms with van der Waals surface area (Å²) in [6, 6.07) is 6.56. The van der Waals surface area contributed by atoms with Gasteiger partial charge >= 0.3 is 0 Å². The number of thiazole rings is 1. The highest BCUT2D eigenvalue weighted by Crippen LogP contribution is 2.26. The van der Waals surface area contributed by atoms with Gasteiger partial charge in [-0.1, -0.05) is 12.1 Å². The van der Waals surface area contributed by atoms with E-state index in [0.29, 0.717) is 5.69 Å².